The van der Waals surface area contributed by atoms with Crippen LogP contribution in [0.1, 0.15) is 40.0 Å². The van der Waals surface area contributed by atoms with Crippen LogP contribution in [0.4, 0.5) is 0 Å². The van der Waals surface area contributed by atoms with Gasteiger partial charge in [-0.15, -0.1) is 0 Å². The summed E-state index contributed by atoms with van der Waals surface area (Å²) in [6.07, 6.45) is 3.70. The highest BCUT2D eigenvalue weighted by Crippen LogP contribution is 2.07. The molecule has 1 atom stereocenters. The van der Waals surface area contributed by atoms with Gasteiger partial charge in [-0.25, -0.2) is 0 Å². The first-order chi connectivity index (χ1) is 6.18. The van der Waals surface area contributed by atoms with Crippen LogP contribution in [-0.4, -0.2) is 19.6 Å². The summed E-state index contributed by atoms with van der Waals surface area (Å²) >= 11 is 0. The molecule has 0 fully saturated rings. The average molecular weight is 186 g/mol. The van der Waals surface area contributed by atoms with E-state index in [1.165, 1.54) is 19.3 Å². The van der Waals surface area contributed by atoms with E-state index in [9.17, 15) is 0 Å². The van der Waals surface area contributed by atoms with Crippen LogP contribution < -0.4 is 11.1 Å². The smallest absolute Gasteiger partial charge is 0.00207 e. The van der Waals surface area contributed by atoms with Crippen LogP contribution in [0.3, 0.4) is 0 Å². The van der Waals surface area contributed by atoms with Crippen LogP contribution in [0, 0.1) is 11.8 Å². The second-order valence-corrected chi connectivity index (χ2v) is 4.27. The predicted molar refractivity (Wildman–Crippen MR) is 59.8 cm³/mol. The molecule has 80 valence electrons. The monoisotopic (exact) mass is 186 g/mol. The van der Waals surface area contributed by atoms with Crippen molar-refractivity contribution in [3.63, 3.8) is 0 Å². The fourth-order valence-corrected chi connectivity index (χ4v) is 1.14. The standard InChI is InChI=1S/C11H26N2/c1-10(2)11(3)9-13-8-6-4-5-7-12/h10-11,13H,4-9,12H2,1-3H3. The van der Waals surface area contributed by atoms with Gasteiger partial charge in [-0.3, -0.25) is 0 Å². The van der Waals surface area contributed by atoms with Crippen molar-refractivity contribution in [1.29, 1.82) is 0 Å². The van der Waals surface area contributed by atoms with Crippen LogP contribution in [0.15, 0.2) is 0 Å². The Balaban J connectivity index is 3.07. The lowest BCUT2D eigenvalue weighted by molar-refractivity contribution is 0.391. The predicted octanol–water partition coefficient (Wildman–Crippen LogP) is 2.00. The van der Waals surface area contributed by atoms with Gasteiger partial charge in [0, 0.05) is 0 Å². The number of nitrogens with two attached hydrogens (primary N) is 1. The van der Waals surface area contributed by atoms with Gasteiger partial charge in [0.25, 0.3) is 0 Å². The van der Waals surface area contributed by atoms with Crippen molar-refractivity contribution in [3.05, 3.63) is 0 Å². The van der Waals surface area contributed by atoms with Crippen LogP contribution in [0.5, 0.6) is 0 Å². The molecule has 0 aromatic heterocycles. The summed E-state index contributed by atoms with van der Waals surface area (Å²) in [5.74, 6) is 1.58. The lowest BCUT2D eigenvalue weighted by Gasteiger charge is -2.15. The maximum absolute atomic E-state index is 5.41. The Morgan fingerprint density at radius 3 is 2.31 bits per heavy atom. The molecule has 13 heavy (non-hydrogen) atoms. The molecule has 2 heteroatoms. The van der Waals surface area contributed by atoms with E-state index >= 15 is 0 Å². The van der Waals surface area contributed by atoms with Gasteiger partial charge in [0.05, 0.1) is 0 Å². The highest BCUT2D eigenvalue weighted by atomic mass is 14.8. The van der Waals surface area contributed by atoms with Crippen molar-refractivity contribution in [1.82, 2.24) is 5.32 Å². The van der Waals surface area contributed by atoms with E-state index in [2.05, 4.69) is 26.1 Å². The number of hydrogen-bond acceptors (Lipinski definition) is 2. The molecule has 0 bridgehead atoms. The number of nitrogens with one attached hydrogen (secondary N) is 1. The average Bonchev–Trinajstić information content (AvgIpc) is 2.10. The first-order valence-electron chi connectivity index (χ1n) is 5.59. The molecule has 0 radical (unpaired) electrons. The van der Waals surface area contributed by atoms with E-state index in [4.69, 9.17) is 5.73 Å². The van der Waals surface area contributed by atoms with E-state index in [-0.39, 0.29) is 0 Å². The maximum Gasteiger partial charge on any atom is -0.00207 e. The molecule has 0 aliphatic heterocycles. The van der Waals surface area contributed by atoms with Crippen molar-refractivity contribution in [2.75, 3.05) is 19.6 Å². The third kappa shape index (κ3) is 8.26. The molecule has 1 unspecified atom stereocenters. The Morgan fingerprint density at radius 2 is 1.77 bits per heavy atom. The van der Waals surface area contributed by atoms with E-state index in [1.54, 1.807) is 0 Å². The minimum atomic E-state index is 0.787. The van der Waals surface area contributed by atoms with Crippen LogP contribution >= 0.6 is 0 Å². The molecule has 0 heterocycles. The molecule has 0 aliphatic carbocycles. The molecular weight excluding hydrogens is 160 g/mol. The van der Waals surface area contributed by atoms with E-state index in [1.807, 2.05) is 0 Å². The van der Waals surface area contributed by atoms with Crippen LogP contribution in [-0.2, 0) is 0 Å². The van der Waals surface area contributed by atoms with E-state index in [0.29, 0.717) is 0 Å². The van der Waals surface area contributed by atoms with E-state index in [0.717, 1.165) is 31.5 Å². The zero-order valence-electron chi connectivity index (χ0n) is 9.47. The number of hydrogen-bond donors (Lipinski definition) is 2. The summed E-state index contributed by atoms with van der Waals surface area (Å²) in [6.45, 7) is 10.00. The Morgan fingerprint density at radius 1 is 1.08 bits per heavy atom. The molecule has 3 N–H and O–H groups in total. The second kappa shape index (κ2) is 8.52. The molecule has 0 rings (SSSR count). The Bertz CT molecular complexity index is 102. The van der Waals surface area contributed by atoms with Crippen molar-refractivity contribution in [2.45, 2.75) is 40.0 Å². The van der Waals surface area contributed by atoms with E-state index < -0.39 is 0 Å². The first kappa shape index (κ1) is 12.9. The largest absolute Gasteiger partial charge is 0.330 e. The lowest BCUT2D eigenvalue weighted by Crippen LogP contribution is -2.25. The van der Waals surface area contributed by atoms with Crippen molar-refractivity contribution in [2.24, 2.45) is 17.6 Å². The van der Waals surface area contributed by atoms with Gasteiger partial charge in [-0.2, -0.15) is 0 Å². The molecule has 0 saturated heterocycles. The molecule has 0 spiro atoms. The van der Waals surface area contributed by atoms with Gasteiger partial charge in [0.2, 0.25) is 0 Å². The summed E-state index contributed by atoms with van der Waals surface area (Å²) in [4.78, 5) is 0. The van der Waals surface area contributed by atoms with Gasteiger partial charge >= 0.3 is 0 Å². The number of rotatable bonds is 8. The zero-order valence-corrected chi connectivity index (χ0v) is 9.47. The summed E-state index contributed by atoms with van der Waals surface area (Å²) in [5.41, 5.74) is 5.41. The fraction of sp³-hybridized carbons (Fsp3) is 1.00. The zero-order chi connectivity index (χ0) is 10.1. The Kier molecular flexibility index (Phi) is 8.46. The quantitative estimate of drug-likeness (QED) is 0.569. The molecule has 0 aromatic carbocycles. The second-order valence-electron chi connectivity index (χ2n) is 4.27. The normalized spacial score (nSPS) is 13.6. The van der Waals surface area contributed by atoms with Gasteiger partial charge in [0.15, 0.2) is 0 Å². The lowest BCUT2D eigenvalue weighted by atomic mass is 9.98. The molecule has 0 aromatic rings. The highest BCUT2D eigenvalue weighted by Gasteiger charge is 2.04. The van der Waals surface area contributed by atoms with Crippen molar-refractivity contribution in [3.8, 4) is 0 Å². The van der Waals surface area contributed by atoms with Gasteiger partial charge < -0.3 is 11.1 Å². The molecule has 0 amide bonds. The summed E-state index contributed by atoms with van der Waals surface area (Å²) in [6, 6.07) is 0. The topological polar surface area (TPSA) is 38.0 Å². The maximum atomic E-state index is 5.41. The molecule has 2 nitrogen and oxygen atoms in total. The van der Waals surface area contributed by atoms with Gasteiger partial charge in [-0.1, -0.05) is 27.2 Å². The molecular formula is C11H26N2. The Hall–Kier alpha value is -0.0800. The van der Waals surface area contributed by atoms with Crippen molar-refractivity contribution < 1.29 is 0 Å². The van der Waals surface area contributed by atoms with Gasteiger partial charge in [0.1, 0.15) is 0 Å². The van der Waals surface area contributed by atoms with Crippen molar-refractivity contribution >= 4 is 0 Å². The fourth-order valence-electron chi connectivity index (χ4n) is 1.14. The third-order valence-corrected chi connectivity index (χ3v) is 2.66. The SMILES string of the molecule is CC(C)C(C)CNCCCCCN. The third-order valence-electron chi connectivity index (χ3n) is 2.66. The molecule has 0 aliphatic rings. The molecule has 0 saturated carbocycles. The summed E-state index contributed by atoms with van der Waals surface area (Å²) < 4.78 is 0. The first-order valence-corrected chi connectivity index (χ1v) is 5.59. The summed E-state index contributed by atoms with van der Waals surface area (Å²) in [5, 5.41) is 3.48. The van der Waals surface area contributed by atoms with Crippen LogP contribution in [0.2, 0.25) is 0 Å². The summed E-state index contributed by atoms with van der Waals surface area (Å²) in [7, 11) is 0. The van der Waals surface area contributed by atoms with Gasteiger partial charge in [-0.05, 0) is 44.3 Å². The highest BCUT2D eigenvalue weighted by molar-refractivity contribution is 4.60. The number of unbranched alkanes of at least 4 members (excludes halogenated alkanes) is 2. The Labute approximate surface area is 83.3 Å². The minimum Gasteiger partial charge on any atom is -0.330 e. The minimum absolute atomic E-state index is 0.787. The van der Waals surface area contributed by atoms with Crippen LogP contribution in [0.25, 0.3) is 0 Å².